The molecule has 214 valence electrons. The fourth-order valence-corrected chi connectivity index (χ4v) is 7.74. The first kappa shape index (κ1) is 27.4. The number of nitrogens with zero attached hydrogens (tertiary/aromatic N) is 1. The zero-order valence-corrected chi connectivity index (χ0v) is 23.7. The van der Waals surface area contributed by atoms with Crippen LogP contribution in [0.4, 0.5) is 5.69 Å². The third kappa shape index (κ3) is 4.60. The van der Waals surface area contributed by atoms with E-state index >= 15 is 0 Å². The number of hydrogen-bond donors (Lipinski definition) is 4. The molecule has 3 unspecified atom stereocenters. The Hall–Kier alpha value is -3.73. The van der Waals surface area contributed by atoms with Gasteiger partial charge in [0.2, 0.25) is 5.91 Å². The Morgan fingerprint density at radius 1 is 1.15 bits per heavy atom. The summed E-state index contributed by atoms with van der Waals surface area (Å²) < 4.78 is 6.89. The monoisotopic (exact) mass is 573 g/mol. The quantitative estimate of drug-likeness (QED) is 0.260. The van der Waals surface area contributed by atoms with Crippen LogP contribution < -0.4 is 27.3 Å². The van der Waals surface area contributed by atoms with E-state index in [9.17, 15) is 14.4 Å². The molecular weight excluding hydrogens is 538 g/mol. The number of amides is 2. The van der Waals surface area contributed by atoms with E-state index in [2.05, 4.69) is 11.9 Å². The number of nitrogen functional groups attached to an aromatic ring is 1. The number of nitrogens with two attached hydrogens (primary N) is 3. The zero-order chi connectivity index (χ0) is 28.9. The van der Waals surface area contributed by atoms with E-state index < -0.39 is 17.4 Å². The summed E-state index contributed by atoms with van der Waals surface area (Å²) >= 11 is 1.22. The summed E-state index contributed by atoms with van der Waals surface area (Å²) in [5.41, 5.74) is 20.6. The van der Waals surface area contributed by atoms with Crippen LogP contribution in [0.15, 0.2) is 49.1 Å². The lowest BCUT2D eigenvalue weighted by Crippen LogP contribution is -2.53. The van der Waals surface area contributed by atoms with Gasteiger partial charge < -0.3 is 32.2 Å². The number of piperidine rings is 1. The van der Waals surface area contributed by atoms with Crippen molar-refractivity contribution in [2.45, 2.75) is 62.3 Å². The Kier molecular flexibility index (Phi) is 7.09. The maximum absolute atomic E-state index is 14.1. The normalized spacial score (nSPS) is 24.4. The van der Waals surface area contributed by atoms with E-state index in [1.165, 1.54) is 17.4 Å². The van der Waals surface area contributed by atoms with Gasteiger partial charge >= 0.3 is 0 Å². The average molecular weight is 574 g/mol. The summed E-state index contributed by atoms with van der Waals surface area (Å²) in [6, 6.07) is 9.50. The van der Waals surface area contributed by atoms with Crippen molar-refractivity contribution in [3.05, 3.63) is 70.6 Å². The number of rotatable bonds is 6. The van der Waals surface area contributed by atoms with Crippen molar-refractivity contribution in [3.63, 3.8) is 0 Å². The molecule has 9 nitrogen and oxygen atoms in total. The van der Waals surface area contributed by atoms with Crippen molar-refractivity contribution in [2.75, 3.05) is 18.8 Å². The molecule has 41 heavy (non-hydrogen) atoms. The Labute approximate surface area is 242 Å². The van der Waals surface area contributed by atoms with E-state index in [0.29, 0.717) is 56.2 Å². The number of likely N-dealkylation sites (tertiary alicyclic amines) is 1. The number of nitrogens with one attached hydrogen (secondary N) is 1. The maximum Gasteiger partial charge on any atom is 0.262 e. The van der Waals surface area contributed by atoms with Gasteiger partial charge in [-0.1, -0.05) is 24.8 Å². The summed E-state index contributed by atoms with van der Waals surface area (Å²) in [5, 5.41) is 3.72. The molecule has 0 spiro atoms. The van der Waals surface area contributed by atoms with Gasteiger partial charge in [-0.2, -0.15) is 0 Å². The highest BCUT2D eigenvalue weighted by Crippen LogP contribution is 2.49. The minimum absolute atomic E-state index is 0.155. The third-order valence-corrected chi connectivity index (χ3v) is 9.91. The number of thiophene rings is 1. The SMILES string of the molecule is C=CC(=O)N1CCCC(NC(=O)c2sc3c(N)ccc4c3c2C(N)C(=O)C4(N)c2cccc(OC3CCCC3)c2)C1. The molecule has 2 fully saturated rings. The van der Waals surface area contributed by atoms with Gasteiger partial charge in [0.25, 0.3) is 5.91 Å². The molecule has 1 saturated carbocycles. The molecule has 1 aliphatic heterocycles. The highest BCUT2D eigenvalue weighted by Gasteiger charge is 2.49. The molecule has 7 N–H and O–H groups in total. The van der Waals surface area contributed by atoms with Crippen LogP contribution >= 0.6 is 11.3 Å². The fourth-order valence-electron chi connectivity index (χ4n) is 6.54. The number of carbonyl (C=O) groups excluding carboxylic acids is 3. The minimum atomic E-state index is -1.54. The topological polar surface area (TPSA) is 154 Å². The number of anilines is 1. The second-order valence-electron chi connectivity index (χ2n) is 11.3. The Balaban J connectivity index is 1.39. The van der Waals surface area contributed by atoms with Crippen LogP contribution in [0.5, 0.6) is 5.75 Å². The minimum Gasteiger partial charge on any atom is -0.490 e. The van der Waals surface area contributed by atoms with Crippen LogP contribution in [0, 0.1) is 0 Å². The molecule has 0 radical (unpaired) electrons. The molecule has 3 aliphatic rings. The molecule has 2 aliphatic carbocycles. The number of ketones is 1. The van der Waals surface area contributed by atoms with Crippen LogP contribution in [-0.4, -0.2) is 47.7 Å². The van der Waals surface area contributed by atoms with Gasteiger partial charge in [0.15, 0.2) is 5.78 Å². The van der Waals surface area contributed by atoms with Crippen LogP contribution in [0.3, 0.4) is 0 Å². The predicted octanol–water partition coefficient (Wildman–Crippen LogP) is 3.50. The molecule has 10 heteroatoms. The van der Waals surface area contributed by atoms with Gasteiger partial charge in [0.05, 0.1) is 21.7 Å². The van der Waals surface area contributed by atoms with E-state index in [4.69, 9.17) is 21.9 Å². The summed E-state index contributed by atoms with van der Waals surface area (Å²) in [5.74, 6) is -0.242. The molecule has 2 amide bonds. The highest BCUT2D eigenvalue weighted by molar-refractivity contribution is 7.21. The average Bonchev–Trinajstić information content (AvgIpc) is 3.64. The summed E-state index contributed by atoms with van der Waals surface area (Å²) in [7, 11) is 0. The number of Topliss-reactive ketones (excluding diaryl/α,β-unsaturated/α-hetero) is 1. The molecule has 1 aromatic heterocycles. The van der Waals surface area contributed by atoms with Crippen LogP contribution in [0.25, 0.3) is 10.1 Å². The number of benzene rings is 2. The van der Waals surface area contributed by atoms with Gasteiger partial charge in [-0.25, -0.2) is 0 Å². The first-order valence-corrected chi connectivity index (χ1v) is 15.0. The van der Waals surface area contributed by atoms with E-state index in [-0.39, 0.29) is 24.0 Å². The van der Waals surface area contributed by atoms with Crippen molar-refractivity contribution in [1.82, 2.24) is 10.2 Å². The largest absolute Gasteiger partial charge is 0.490 e. The summed E-state index contributed by atoms with van der Waals surface area (Å²) in [4.78, 5) is 41.9. The standard InChI is InChI=1S/C31H35N5O4S/c1-2-23(37)36-14-6-8-18(16-36)35-30(39)28-25-24-21(12-13-22(32)27(24)41-28)31(34,29(38)26(25)33)17-7-5-11-20(15-17)40-19-9-3-4-10-19/h2,5,7,11-13,15,18-19,26H,1,3-4,6,8-10,14,16,32-34H2,(H,35,39). The highest BCUT2D eigenvalue weighted by atomic mass is 32.1. The Morgan fingerprint density at radius 2 is 1.93 bits per heavy atom. The maximum atomic E-state index is 14.1. The Bertz CT molecular complexity index is 1560. The Morgan fingerprint density at radius 3 is 2.68 bits per heavy atom. The lowest BCUT2D eigenvalue weighted by Gasteiger charge is -2.37. The second kappa shape index (κ2) is 10.6. The third-order valence-electron chi connectivity index (χ3n) is 8.66. The molecular formula is C31H35N5O4S. The van der Waals surface area contributed by atoms with Crippen molar-refractivity contribution in [3.8, 4) is 5.75 Å². The number of ether oxygens (including phenoxy) is 1. The van der Waals surface area contributed by atoms with E-state index in [1.807, 2.05) is 24.3 Å². The first-order valence-electron chi connectivity index (χ1n) is 14.2. The molecule has 0 bridgehead atoms. The van der Waals surface area contributed by atoms with Crippen molar-refractivity contribution < 1.29 is 19.1 Å². The predicted molar refractivity (Wildman–Crippen MR) is 160 cm³/mol. The van der Waals surface area contributed by atoms with Crippen LogP contribution in [-0.2, 0) is 15.1 Å². The zero-order valence-electron chi connectivity index (χ0n) is 22.9. The molecule has 3 aromatic rings. The van der Waals surface area contributed by atoms with E-state index in [1.54, 1.807) is 17.0 Å². The van der Waals surface area contributed by atoms with Gasteiger partial charge in [0, 0.05) is 35.8 Å². The molecule has 1 saturated heterocycles. The van der Waals surface area contributed by atoms with Crippen molar-refractivity contribution in [2.24, 2.45) is 11.5 Å². The summed E-state index contributed by atoms with van der Waals surface area (Å²) in [6.45, 7) is 4.57. The molecule has 2 aromatic carbocycles. The first-order chi connectivity index (χ1) is 19.7. The molecule has 6 rings (SSSR count). The fraction of sp³-hybridized carbons (Fsp3) is 0.387. The van der Waals surface area contributed by atoms with Gasteiger partial charge in [0.1, 0.15) is 11.3 Å². The van der Waals surface area contributed by atoms with Gasteiger partial charge in [-0.15, -0.1) is 11.3 Å². The van der Waals surface area contributed by atoms with Crippen molar-refractivity contribution >= 4 is 44.7 Å². The smallest absolute Gasteiger partial charge is 0.262 e. The lowest BCUT2D eigenvalue weighted by molar-refractivity contribution is -0.127. The second-order valence-corrected chi connectivity index (χ2v) is 12.3. The summed E-state index contributed by atoms with van der Waals surface area (Å²) in [6.07, 6.45) is 7.23. The van der Waals surface area contributed by atoms with Crippen LogP contribution in [0.1, 0.15) is 70.9 Å². The number of carbonyl (C=O) groups is 3. The number of hydrogen-bond acceptors (Lipinski definition) is 8. The molecule has 3 atom stereocenters. The van der Waals surface area contributed by atoms with Crippen molar-refractivity contribution in [1.29, 1.82) is 0 Å². The van der Waals surface area contributed by atoms with Gasteiger partial charge in [-0.05, 0) is 73.9 Å². The van der Waals surface area contributed by atoms with Gasteiger partial charge in [-0.3, -0.25) is 14.4 Å². The van der Waals surface area contributed by atoms with Crippen LogP contribution in [0.2, 0.25) is 0 Å². The molecule has 2 heterocycles. The lowest BCUT2D eigenvalue weighted by atomic mass is 9.70. The van der Waals surface area contributed by atoms with E-state index in [0.717, 1.165) is 38.5 Å².